The van der Waals surface area contributed by atoms with Crippen LogP contribution in [0.15, 0.2) is 28.1 Å². The minimum atomic E-state index is -0.463. The lowest BCUT2D eigenvalue weighted by Gasteiger charge is -2.17. The lowest BCUT2D eigenvalue weighted by atomic mass is 9.89. The third-order valence-electron chi connectivity index (χ3n) is 5.53. The van der Waals surface area contributed by atoms with Gasteiger partial charge in [0.1, 0.15) is 6.54 Å². The minimum Gasteiger partial charge on any atom is -0.493 e. The second-order valence-corrected chi connectivity index (χ2v) is 9.22. The van der Waals surface area contributed by atoms with Crippen molar-refractivity contribution in [2.75, 3.05) is 13.7 Å². The average Bonchev–Trinajstić information content (AvgIpc) is 3.18. The van der Waals surface area contributed by atoms with Gasteiger partial charge in [-0.05, 0) is 60.9 Å². The van der Waals surface area contributed by atoms with Gasteiger partial charge in [0, 0.05) is 4.88 Å². The number of carbonyl (C=O) groups excluding carboxylic acids is 1. The molecule has 3 aromatic rings. The maximum Gasteiger partial charge on any atom is 0.279 e. The molecule has 0 saturated carbocycles. The third-order valence-corrected chi connectivity index (χ3v) is 6.67. The monoisotopic (exact) mass is 469 g/mol. The van der Waals surface area contributed by atoms with E-state index in [-0.39, 0.29) is 12.1 Å². The first-order chi connectivity index (χ1) is 16.0. The molecule has 1 unspecified atom stereocenters. The average molecular weight is 470 g/mol. The van der Waals surface area contributed by atoms with Gasteiger partial charge in [0.25, 0.3) is 11.5 Å². The molecule has 1 aliphatic carbocycles. The fourth-order valence-electron chi connectivity index (χ4n) is 3.84. The van der Waals surface area contributed by atoms with E-state index in [4.69, 9.17) is 9.47 Å². The van der Waals surface area contributed by atoms with Gasteiger partial charge in [-0.2, -0.15) is 5.10 Å². The van der Waals surface area contributed by atoms with Gasteiger partial charge < -0.3 is 9.47 Å². The van der Waals surface area contributed by atoms with E-state index in [1.807, 2.05) is 13.0 Å². The summed E-state index contributed by atoms with van der Waals surface area (Å²) in [4.78, 5) is 27.2. The summed E-state index contributed by atoms with van der Waals surface area (Å²) in [6.45, 7) is 4.59. The number of fused-ring (bicyclic) bond motifs is 3. The highest BCUT2D eigenvalue weighted by molar-refractivity contribution is 7.18. The zero-order valence-electron chi connectivity index (χ0n) is 19.0. The van der Waals surface area contributed by atoms with E-state index in [0.717, 1.165) is 41.5 Å². The number of carbonyl (C=O) groups is 1. The molecule has 4 rings (SSSR count). The number of nitrogens with one attached hydrogen (secondary N) is 1. The largest absolute Gasteiger partial charge is 0.493 e. The van der Waals surface area contributed by atoms with Crippen LogP contribution in [0, 0.1) is 5.92 Å². The lowest BCUT2D eigenvalue weighted by molar-refractivity contribution is -0.121. The van der Waals surface area contributed by atoms with Crippen LogP contribution in [0.3, 0.4) is 0 Å². The molecule has 0 radical (unpaired) electrons. The number of ether oxygens (including phenoxy) is 2. The predicted molar refractivity (Wildman–Crippen MR) is 127 cm³/mol. The number of methoxy groups -OCH3 is 1. The van der Waals surface area contributed by atoms with Crippen molar-refractivity contribution in [2.45, 2.75) is 46.1 Å². The first-order valence-electron chi connectivity index (χ1n) is 11.0. The van der Waals surface area contributed by atoms with E-state index in [9.17, 15) is 9.59 Å². The van der Waals surface area contributed by atoms with Crippen LogP contribution in [-0.2, 0) is 24.2 Å². The number of hydrogen-bond acceptors (Lipinski definition) is 8. The molecule has 0 aliphatic heterocycles. The van der Waals surface area contributed by atoms with Crippen LogP contribution in [0.2, 0.25) is 0 Å². The molecule has 2 aromatic heterocycles. The second kappa shape index (κ2) is 10.1. The minimum absolute atomic E-state index is 0.257. The fourth-order valence-corrected chi connectivity index (χ4v) is 5.16. The van der Waals surface area contributed by atoms with E-state index in [1.54, 1.807) is 19.2 Å². The molecule has 174 valence electrons. The van der Waals surface area contributed by atoms with Crippen LogP contribution in [0.25, 0.3) is 10.2 Å². The molecule has 0 saturated heterocycles. The number of benzene rings is 1. The van der Waals surface area contributed by atoms with Crippen molar-refractivity contribution in [3.63, 3.8) is 0 Å². The topological polar surface area (TPSA) is 108 Å². The summed E-state index contributed by atoms with van der Waals surface area (Å²) in [5.74, 6) is 1.38. The molecule has 0 fully saturated rings. The first-order valence-corrected chi connectivity index (χ1v) is 11.8. The van der Waals surface area contributed by atoms with Gasteiger partial charge in [-0.1, -0.05) is 19.1 Å². The van der Waals surface area contributed by atoms with E-state index < -0.39 is 5.91 Å². The Kier molecular flexibility index (Phi) is 7.02. The van der Waals surface area contributed by atoms with Crippen molar-refractivity contribution < 1.29 is 14.3 Å². The number of thiophene rings is 1. The molecule has 0 spiro atoms. The van der Waals surface area contributed by atoms with Crippen molar-refractivity contribution in [1.29, 1.82) is 0 Å². The van der Waals surface area contributed by atoms with Gasteiger partial charge in [-0.15, -0.1) is 16.4 Å². The van der Waals surface area contributed by atoms with Crippen LogP contribution in [0.1, 0.15) is 42.7 Å². The Morgan fingerprint density at radius 3 is 3.03 bits per heavy atom. The number of aromatic nitrogens is 3. The molecule has 1 atom stereocenters. The van der Waals surface area contributed by atoms with Gasteiger partial charge in [0.05, 0.1) is 25.3 Å². The highest BCUT2D eigenvalue weighted by atomic mass is 32.1. The molecular formula is C23H27N5O4S. The lowest BCUT2D eigenvalue weighted by Crippen LogP contribution is -2.32. The summed E-state index contributed by atoms with van der Waals surface area (Å²) in [7, 11) is 1.57. The molecule has 1 aromatic carbocycles. The summed E-state index contributed by atoms with van der Waals surface area (Å²) in [5.41, 5.74) is 3.96. The van der Waals surface area contributed by atoms with Gasteiger partial charge >= 0.3 is 0 Å². The number of aryl methyl sites for hydroxylation is 1. The van der Waals surface area contributed by atoms with Crippen molar-refractivity contribution in [3.8, 4) is 11.5 Å². The van der Waals surface area contributed by atoms with E-state index in [0.29, 0.717) is 34.2 Å². The zero-order chi connectivity index (χ0) is 23.4. The Hall–Kier alpha value is -3.27. The molecule has 0 bridgehead atoms. The molecule has 1 aliphatic rings. The Bertz CT molecular complexity index is 1250. The number of amides is 1. The second-order valence-electron chi connectivity index (χ2n) is 8.14. The molecule has 9 nitrogen and oxygen atoms in total. The summed E-state index contributed by atoms with van der Waals surface area (Å²) in [5, 5.41) is 12.7. The Morgan fingerprint density at radius 1 is 1.39 bits per heavy atom. The van der Waals surface area contributed by atoms with Crippen LogP contribution >= 0.6 is 11.3 Å². The summed E-state index contributed by atoms with van der Waals surface area (Å²) < 4.78 is 12.1. The number of rotatable bonds is 8. The fraction of sp³-hybridized carbons (Fsp3) is 0.435. The van der Waals surface area contributed by atoms with E-state index in [1.165, 1.54) is 22.4 Å². The van der Waals surface area contributed by atoms with Crippen molar-refractivity contribution in [1.82, 2.24) is 20.4 Å². The predicted octanol–water partition coefficient (Wildman–Crippen LogP) is 2.93. The number of hydrogen-bond donors (Lipinski definition) is 1. The summed E-state index contributed by atoms with van der Waals surface area (Å²) >= 11 is 1.53. The summed E-state index contributed by atoms with van der Waals surface area (Å²) in [6.07, 6.45) is 5.26. The van der Waals surface area contributed by atoms with Gasteiger partial charge in [-0.3, -0.25) is 9.59 Å². The zero-order valence-corrected chi connectivity index (χ0v) is 19.8. The normalized spacial score (nSPS) is 15.5. The quantitative estimate of drug-likeness (QED) is 0.401. The molecule has 2 heterocycles. The third kappa shape index (κ3) is 5.05. The number of nitrogens with zero attached hydrogens (tertiary/aromatic N) is 4. The van der Waals surface area contributed by atoms with Gasteiger partial charge in [-0.25, -0.2) is 10.1 Å². The molecule has 1 N–H and O–H groups in total. The molecule has 10 heteroatoms. The maximum atomic E-state index is 13.0. The molecular weight excluding hydrogens is 442 g/mol. The van der Waals surface area contributed by atoms with Gasteiger partial charge in [0.15, 0.2) is 16.3 Å². The van der Waals surface area contributed by atoms with Crippen LogP contribution in [-0.4, -0.2) is 40.8 Å². The summed E-state index contributed by atoms with van der Waals surface area (Å²) in [6, 6.07) is 5.38. The highest BCUT2D eigenvalue weighted by Crippen LogP contribution is 2.35. The smallest absolute Gasteiger partial charge is 0.279 e. The Labute approximate surface area is 195 Å². The molecule has 1 amide bonds. The van der Waals surface area contributed by atoms with E-state index >= 15 is 0 Å². The van der Waals surface area contributed by atoms with Crippen molar-refractivity contribution in [3.05, 3.63) is 44.6 Å². The molecule has 33 heavy (non-hydrogen) atoms. The Balaban J connectivity index is 1.43. The van der Waals surface area contributed by atoms with Crippen LogP contribution < -0.4 is 20.5 Å². The number of hydrazone groups is 1. The highest BCUT2D eigenvalue weighted by Gasteiger charge is 2.24. The van der Waals surface area contributed by atoms with Crippen LogP contribution in [0.5, 0.6) is 11.5 Å². The standard InChI is InChI=1S/C23H27N5O4S/c1-4-9-32-17-8-6-15(11-18(17)31-3)12-24-25-20(29)13-28-23(30)21-16-7-5-14(2)10-19(16)33-22(21)26-27-28/h6,8,11-12,14H,4-5,7,9-10,13H2,1-3H3,(H,25,29)/b24-12+. The van der Waals surface area contributed by atoms with Crippen molar-refractivity contribution >= 4 is 33.7 Å². The first kappa shape index (κ1) is 22.9. The van der Waals surface area contributed by atoms with E-state index in [2.05, 4.69) is 27.8 Å². The van der Waals surface area contributed by atoms with Gasteiger partial charge in [0.2, 0.25) is 0 Å². The maximum absolute atomic E-state index is 13.0. The van der Waals surface area contributed by atoms with Crippen molar-refractivity contribution in [2.24, 2.45) is 11.0 Å². The SMILES string of the molecule is CCCOc1ccc(/C=N/NC(=O)Cn2nnc3sc4c(c3c2=O)CCC(C)C4)cc1OC. The Morgan fingerprint density at radius 2 is 2.24 bits per heavy atom. The van der Waals surface area contributed by atoms with Crippen LogP contribution in [0.4, 0.5) is 0 Å².